The number of hydroxylamine groups is 1. The van der Waals surface area contributed by atoms with E-state index in [-0.39, 0.29) is 6.41 Å². The number of carbonyl (C=O) groups excluding carboxylic acids is 1. The summed E-state index contributed by atoms with van der Waals surface area (Å²) in [6, 6.07) is 12.0. The summed E-state index contributed by atoms with van der Waals surface area (Å²) in [5.74, 6) is 2.86. The van der Waals surface area contributed by atoms with Crippen LogP contribution in [0, 0.1) is 0 Å². The van der Waals surface area contributed by atoms with Gasteiger partial charge in [0, 0.05) is 40.9 Å². The molecular formula is C18H23N3O3S2. The number of nitrogens with one attached hydrogen (secondary N) is 1. The van der Waals surface area contributed by atoms with Crippen LogP contribution < -0.4 is 10.2 Å². The van der Waals surface area contributed by atoms with Gasteiger partial charge in [-0.1, -0.05) is 0 Å². The number of amides is 1. The van der Waals surface area contributed by atoms with Gasteiger partial charge in [0.15, 0.2) is 0 Å². The predicted octanol–water partition coefficient (Wildman–Crippen LogP) is 3.83. The molecule has 1 saturated heterocycles. The molecule has 0 bridgehead atoms. The van der Waals surface area contributed by atoms with E-state index in [9.17, 15) is 0 Å². The average molecular weight is 394 g/mol. The molecule has 1 amide bonds. The molecule has 26 heavy (non-hydrogen) atoms. The number of hydrogen-bond donors (Lipinski definition) is 2. The van der Waals surface area contributed by atoms with Gasteiger partial charge in [-0.05, 0) is 62.2 Å². The van der Waals surface area contributed by atoms with Crippen molar-refractivity contribution in [2.45, 2.75) is 23.5 Å². The number of nitrogens with zero attached hydrogens (tertiary/aromatic N) is 2. The molecular weight excluding hydrogens is 370 g/mol. The number of aromatic nitrogens is 1. The second-order valence-electron chi connectivity index (χ2n) is 6.07. The van der Waals surface area contributed by atoms with Crippen LogP contribution in [-0.4, -0.2) is 44.5 Å². The third-order valence-corrected chi connectivity index (χ3v) is 5.74. The van der Waals surface area contributed by atoms with E-state index in [1.54, 1.807) is 12.4 Å². The molecule has 140 valence electrons. The molecule has 1 aliphatic heterocycles. The molecule has 0 spiro atoms. The third-order valence-electron chi connectivity index (χ3n) is 3.39. The molecule has 6 nitrogen and oxygen atoms in total. The first-order valence-corrected chi connectivity index (χ1v) is 9.86. The van der Waals surface area contributed by atoms with Crippen LogP contribution >= 0.6 is 23.7 Å². The molecule has 2 aromatic rings. The number of carbonyl (C=O) groups is 1. The molecule has 0 radical (unpaired) electrons. The van der Waals surface area contributed by atoms with Crippen molar-refractivity contribution in [3.05, 3.63) is 48.8 Å². The first-order valence-electron chi connectivity index (χ1n) is 8.10. The van der Waals surface area contributed by atoms with Gasteiger partial charge in [-0.25, -0.2) is 9.79 Å². The zero-order chi connectivity index (χ0) is 18.8. The van der Waals surface area contributed by atoms with E-state index < -0.39 is 0 Å². The van der Waals surface area contributed by atoms with Crippen molar-refractivity contribution in [3.8, 4) is 11.5 Å². The molecule has 0 unspecified atom stereocenters. The molecule has 8 heteroatoms. The SMILES string of the molecule is CC1(C)CN(Sc2ccc(Oc3ccncc3)cc2)CCS1.O=CNO. The molecule has 1 aromatic carbocycles. The molecule has 3 rings (SSSR count). The zero-order valence-corrected chi connectivity index (χ0v) is 16.4. The van der Waals surface area contributed by atoms with E-state index >= 15 is 0 Å². The Hall–Kier alpha value is -1.74. The number of pyridine rings is 1. The highest BCUT2D eigenvalue weighted by Crippen LogP contribution is 2.35. The lowest BCUT2D eigenvalue weighted by Crippen LogP contribution is -2.39. The smallest absolute Gasteiger partial charge is 0.230 e. The van der Waals surface area contributed by atoms with Crippen molar-refractivity contribution in [2.75, 3.05) is 18.8 Å². The number of hydrogen-bond acceptors (Lipinski definition) is 7. The molecule has 0 aliphatic carbocycles. The van der Waals surface area contributed by atoms with Gasteiger partial charge in [-0.2, -0.15) is 11.8 Å². The third kappa shape index (κ3) is 7.25. The summed E-state index contributed by atoms with van der Waals surface area (Å²) in [6.07, 6.45) is 3.64. The van der Waals surface area contributed by atoms with E-state index in [0.29, 0.717) is 4.75 Å². The monoisotopic (exact) mass is 393 g/mol. The van der Waals surface area contributed by atoms with Gasteiger partial charge in [-0.3, -0.25) is 15.0 Å². The van der Waals surface area contributed by atoms with Gasteiger partial charge in [0.25, 0.3) is 0 Å². The Kier molecular flexibility index (Phi) is 8.24. The van der Waals surface area contributed by atoms with E-state index in [0.717, 1.165) is 24.6 Å². The summed E-state index contributed by atoms with van der Waals surface area (Å²) < 4.78 is 8.59. The number of benzene rings is 1. The maximum absolute atomic E-state index is 8.81. The van der Waals surface area contributed by atoms with Gasteiger partial charge in [0.1, 0.15) is 11.5 Å². The minimum atomic E-state index is 0.181. The van der Waals surface area contributed by atoms with Crippen LogP contribution in [0.4, 0.5) is 0 Å². The Morgan fingerprint density at radius 1 is 1.23 bits per heavy atom. The fourth-order valence-electron chi connectivity index (χ4n) is 2.31. The summed E-state index contributed by atoms with van der Waals surface area (Å²) in [5, 5.41) is 7.26. The molecule has 2 N–H and O–H groups in total. The van der Waals surface area contributed by atoms with Gasteiger partial charge in [0.05, 0.1) is 0 Å². The van der Waals surface area contributed by atoms with Crippen molar-refractivity contribution in [1.29, 1.82) is 0 Å². The highest BCUT2D eigenvalue weighted by atomic mass is 32.2. The van der Waals surface area contributed by atoms with E-state index in [2.05, 4.69) is 47.0 Å². The van der Waals surface area contributed by atoms with Crippen LogP contribution in [0.2, 0.25) is 0 Å². The second kappa shape index (κ2) is 10.4. The molecule has 2 heterocycles. The van der Waals surface area contributed by atoms with Crippen molar-refractivity contribution in [1.82, 2.24) is 14.8 Å². The van der Waals surface area contributed by atoms with Crippen molar-refractivity contribution >= 4 is 30.1 Å². The molecule has 0 saturated carbocycles. The summed E-state index contributed by atoms with van der Waals surface area (Å²) in [6.45, 7) is 6.87. The summed E-state index contributed by atoms with van der Waals surface area (Å²) in [7, 11) is 0. The number of thioether (sulfide) groups is 1. The molecule has 1 aromatic heterocycles. The van der Waals surface area contributed by atoms with Crippen LogP contribution in [0.15, 0.2) is 53.7 Å². The van der Waals surface area contributed by atoms with Crippen LogP contribution in [-0.2, 0) is 4.79 Å². The van der Waals surface area contributed by atoms with Gasteiger partial charge in [-0.15, -0.1) is 0 Å². The fourth-order valence-corrected chi connectivity index (χ4v) is 4.75. The first-order chi connectivity index (χ1) is 12.5. The first kappa shape index (κ1) is 20.6. The standard InChI is InChI=1S/C17H20N2OS2.CH3NO2/c1-17(2)13-19(11-12-21-17)22-16-5-3-14(4-6-16)20-15-7-9-18-10-8-15;3-1-2-4/h3-10H,11-13H2,1-2H3;1,4H,(H,2,3). The van der Waals surface area contributed by atoms with Crippen molar-refractivity contribution in [2.24, 2.45) is 0 Å². The predicted molar refractivity (Wildman–Crippen MR) is 106 cm³/mol. The minimum absolute atomic E-state index is 0.181. The summed E-state index contributed by atoms with van der Waals surface area (Å²) in [5.41, 5.74) is 1.25. The van der Waals surface area contributed by atoms with Gasteiger partial charge < -0.3 is 4.74 Å². The normalized spacial score (nSPS) is 16.1. The maximum atomic E-state index is 8.81. The van der Waals surface area contributed by atoms with E-state index in [1.165, 1.54) is 16.1 Å². The van der Waals surface area contributed by atoms with Crippen LogP contribution in [0.3, 0.4) is 0 Å². The summed E-state index contributed by atoms with van der Waals surface area (Å²) >= 11 is 3.89. The van der Waals surface area contributed by atoms with E-state index in [1.807, 2.05) is 36.2 Å². The molecule has 1 aliphatic rings. The van der Waals surface area contributed by atoms with E-state index in [4.69, 9.17) is 14.7 Å². The Bertz CT molecular complexity index is 669. The fraction of sp³-hybridized carbons (Fsp3) is 0.333. The largest absolute Gasteiger partial charge is 0.457 e. The Balaban J connectivity index is 0.000000552. The Morgan fingerprint density at radius 2 is 1.85 bits per heavy atom. The Labute approximate surface area is 162 Å². The highest BCUT2D eigenvalue weighted by molar-refractivity contribution is 8.01. The second-order valence-corrected chi connectivity index (χ2v) is 9.04. The highest BCUT2D eigenvalue weighted by Gasteiger charge is 2.27. The number of ether oxygens (including phenoxy) is 1. The van der Waals surface area contributed by atoms with Crippen LogP contribution in [0.5, 0.6) is 11.5 Å². The molecule has 0 atom stereocenters. The quantitative estimate of drug-likeness (QED) is 0.346. The van der Waals surface area contributed by atoms with Gasteiger partial charge >= 0.3 is 0 Å². The van der Waals surface area contributed by atoms with Crippen LogP contribution in [0.1, 0.15) is 13.8 Å². The minimum Gasteiger partial charge on any atom is -0.457 e. The van der Waals surface area contributed by atoms with Crippen LogP contribution in [0.25, 0.3) is 0 Å². The lowest BCUT2D eigenvalue weighted by atomic mass is 10.2. The lowest BCUT2D eigenvalue weighted by molar-refractivity contribution is -0.116. The Morgan fingerprint density at radius 3 is 2.42 bits per heavy atom. The maximum Gasteiger partial charge on any atom is 0.230 e. The van der Waals surface area contributed by atoms with Crippen molar-refractivity contribution < 1.29 is 14.7 Å². The van der Waals surface area contributed by atoms with Crippen molar-refractivity contribution in [3.63, 3.8) is 0 Å². The topological polar surface area (TPSA) is 74.7 Å². The lowest BCUT2D eigenvalue weighted by Gasteiger charge is -2.36. The average Bonchev–Trinajstić information content (AvgIpc) is 2.64. The summed E-state index contributed by atoms with van der Waals surface area (Å²) in [4.78, 5) is 14.1. The molecule has 1 fully saturated rings. The zero-order valence-electron chi connectivity index (χ0n) is 14.8. The number of rotatable bonds is 5. The van der Waals surface area contributed by atoms with Gasteiger partial charge in [0.2, 0.25) is 6.41 Å².